The Hall–Kier alpha value is -8.88. The van der Waals surface area contributed by atoms with E-state index in [1.54, 1.807) is 12.1 Å². The van der Waals surface area contributed by atoms with Gasteiger partial charge in [-0.05, 0) is 71.8 Å². The van der Waals surface area contributed by atoms with E-state index in [2.05, 4.69) is 12.1 Å². The summed E-state index contributed by atoms with van der Waals surface area (Å²) in [5.41, 5.74) is 8.80. The molecule has 0 bridgehead atoms. The summed E-state index contributed by atoms with van der Waals surface area (Å²) in [5, 5.41) is 7.37. The lowest BCUT2D eigenvalue weighted by atomic mass is 9.95. The summed E-state index contributed by atoms with van der Waals surface area (Å²) in [6, 6.07) is 64.3. The molecule has 68 heavy (non-hydrogen) atoms. The molecule has 14 aromatic rings. The van der Waals surface area contributed by atoms with Crippen molar-refractivity contribution in [1.29, 1.82) is 0 Å². The van der Waals surface area contributed by atoms with Gasteiger partial charge >= 0.3 is 0 Å². The molecule has 8 heteroatoms. The third-order valence-electron chi connectivity index (χ3n) is 13.8. The average Bonchev–Trinajstić information content (AvgIpc) is 4.10. The van der Waals surface area contributed by atoms with E-state index in [0.29, 0.717) is 0 Å². The highest BCUT2D eigenvalue weighted by atomic mass is 19.1. The van der Waals surface area contributed by atoms with E-state index in [9.17, 15) is 0 Å². The largest absolute Gasteiger partial charge is 0.306 e. The zero-order valence-electron chi connectivity index (χ0n) is 35.9. The highest BCUT2D eigenvalue weighted by Gasteiger charge is 2.26. The fourth-order valence-electron chi connectivity index (χ4n) is 11.1. The zero-order valence-corrected chi connectivity index (χ0v) is 35.9. The van der Waals surface area contributed by atoms with Crippen molar-refractivity contribution in [1.82, 2.24) is 18.3 Å². The predicted octanol–water partition coefficient (Wildman–Crippen LogP) is 16.3. The van der Waals surface area contributed by atoms with Crippen LogP contribution in [0.3, 0.4) is 0 Å². The minimum atomic E-state index is -0.702. The van der Waals surface area contributed by atoms with Crippen molar-refractivity contribution in [2.24, 2.45) is 0 Å². The van der Waals surface area contributed by atoms with Crippen LogP contribution in [0.1, 0.15) is 0 Å². The van der Waals surface area contributed by atoms with Gasteiger partial charge < -0.3 is 18.3 Å². The Labute approximate surface area is 385 Å². The van der Waals surface area contributed by atoms with Crippen LogP contribution in [0.25, 0.3) is 121 Å². The van der Waals surface area contributed by atoms with Gasteiger partial charge in [0, 0.05) is 55.2 Å². The molecule has 0 amide bonds. The van der Waals surface area contributed by atoms with Crippen molar-refractivity contribution < 1.29 is 17.6 Å². The van der Waals surface area contributed by atoms with Crippen LogP contribution in [-0.4, -0.2) is 18.3 Å². The minimum Gasteiger partial charge on any atom is -0.306 e. The van der Waals surface area contributed by atoms with Crippen molar-refractivity contribution in [3.05, 3.63) is 230 Å². The van der Waals surface area contributed by atoms with Gasteiger partial charge in [0.2, 0.25) is 0 Å². The van der Waals surface area contributed by atoms with Crippen molar-refractivity contribution in [3.8, 4) is 33.9 Å². The van der Waals surface area contributed by atoms with Gasteiger partial charge in [0.05, 0.1) is 66.9 Å². The first-order valence-electron chi connectivity index (χ1n) is 22.5. The van der Waals surface area contributed by atoms with Crippen LogP contribution < -0.4 is 0 Å². The van der Waals surface area contributed by atoms with Gasteiger partial charge in [-0.3, -0.25) is 0 Å². The first kappa shape index (κ1) is 38.4. The van der Waals surface area contributed by atoms with E-state index in [-0.39, 0.29) is 22.7 Å². The average molecular weight is 887 g/mol. The maximum Gasteiger partial charge on any atom is 0.150 e. The SMILES string of the molecule is Fc1cc(F)c(-n2c3ccccc3c3c(-c4cccc5c4c4ccccc4n5-c4cc(-n5c6ccccc6c6ccccc65)c(F)cc4F)cccc32)cc1-n1c2ccccc2c2ccccc21. The summed E-state index contributed by atoms with van der Waals surface area (Å²) in [5.74, 6) is -2.76. The number of aromatic nitrogens is 4. The summed E-state index contributed by atoms with van der Waals surface area (Å²) < 4.78 is 73.6. The molecule has 0 aliphatic heterocycles. The fourth-order valence-corrected chi connectivity index (χ4v) is 11.1. The Morgan fingerprint density at radius 3 is 0.765 bits per heavy atom. The van der Waals surface area contributed by atoms with E-state index < -0.39 is 23.3 Å². The van der Waals surface area contributed by atoms with Gasteiger partial charge in [0.25, 0.3) is 0 Å². The van der Waals surface area contributed by atoms with Crippen LogP contribution in [0.4, 0.5) is 17.6 Å². The molecule has 0 N–H and O–H groups in total. The van der Waals surface area contributed by atoms with Crippen LogP contribution in [0, 0.1) is 23.3 Å². The summed E-state index contributed by atoms with van der Waals surface area (Å²) in [6.07, 6.45) is 0. The Morgan fingerprint density at radius 1 is 0.221 bits per heavy atom. The lowest BCUT2D eigenvalue weighted by Crippen LogP contribution is -2.04. The highest BCUT2D eigenvalue weighted by Crippen LogP contribution is 2.45. The molecule has 4 aromatic heterocycles. The van der Waals surface area contributed by atoms with E-state index in [1.807, 2.05) is 188 Å². The summed E-state index contributed by atoms with van der Waals surface area (Å²) in [7, 11) is 0. The summed E-state index contributed by atoms with van der Waals surface area (Å²) in [4.78, 5) is 0. The molecule has 0 saturated heterocycles. The molecular weight excluding hydrogens is 853 g/mol. The second-order valence-corrected chi connectivity index (χ2v) is 17.4. The molecule has 4 nitrogen and oxygen atoms in total. The lowest BCUT2D eigenvalue weighted by Gasteiger charge is -2.15. The highest BCUT2D eigenvalue weighted by molar-refractivity contribution is 6.22. The summed E-state index contributed by atoms with van der Waals surface area (Å²) in [6.45, 7) is 0. The Bertz CT molecular complexity index is 4060. The lowest BCUT2D eigenvalue weighted by molar-refractivity contribution is 0.575. The molecule has 0 aliphatic carbocycles. The van der Waals surface area contributed by atoms with Crippen molar-refractivity contribution >= 4 is 87.2 Å². The van der Waals surface area contributed by atoms with E-state index in [1.165, 1.54) is 0 Å². The van der Waals surface area contributed by atoms with Crippen molar-refractivity contribution in [2.45, 2.75) is 0 Å². The first-order chi connectivity index (χ1) is 33.4. The molecule has 0 radical (unpaired) electrons. The molecule has 4 heterocycles. The first-order valence-corrected chi connectivity index (χ1v) is 22.5. The van der Waals surface area contributed by atoms with Crippen LogP contribution in [0.5, 0.6) is 0 Å². The topological polar surface area (TPSA) is 19.7 Å². The number of rotatable bonds is 5. The van der Waals surface area contributed by atoms with Crippen LogP contribution in [0.15, 0.2) is 206 Å². The van der Waals surface area contributed by atoms with E-state index in [4.69, 9.17) is 0 Å². The van der Waals surface area contributed by atoms with Crippen molar-refractivity contribution in [3.63, 3.8) is 0 Å². The molecule has 10 aromatic carbocycles. The second-order valence-electron chi connectivity index (χ2n) is 17.4. The Kier molecular flexibility index (Phi) is 8.08. The molecular formula is C60H34F4N4. The molecule has 0 unspecified atom stereocenters. The monoisotopic (exact) mass is 886 g/mol. The van der Waals surface area contributed by atoms with Crippen LogP contribution >= 0.6 is 0 Å². The Morgan fingerprint density at radius 2 is 0.456 bits per heavy atom. The maximum absolute atomic E-state index is 16.7. The summed E-state index contributed by atoms with van der Waals surface area (Å²) >= 11 is 0. The number of hydrogen-bond donors (Lipinski definition) is 0. The van der Waals surface area contributed by atoms with Gasteiger partial charge in [0.1, 0.15) is 23.3 Å². The predicted molar refractivity (Wildman–Crippen MR) is 269 cm³/mol. The fraction of sp³-hybridized carbons (Fsp3) is 0. The van der Waals surface area contributed by atoms with E-state index in [0.717, 1.165) is 110 Å². The number of fused-ring (bicyclic) bond motifs is 12. The normalized spacial score (nSPS) is 12.1. The van der Waals surface area contributed by atoms with Gasteiger partial charge in [-0.1, -0.05) is 133 Å². The third-order valence-corrected chi connectivity index (χ3v) is 13.8. The number of halogens is 4. The molecule has 0 atom stereocenters. The third kappa shape index (κ3) is 5.25. The van der Waals surface area contributed by atoms with E-state index >= 15 is 17.6 Å². The molecule has 0 saturated carbocycles. The molecule has 14 rings (SSSR count). The smallest absolute Gasteiger partial charge is 0.150 e. The standard InChI is InChI=1S/C60H34F4N4/c61-43-31-45(63)57(33-55(43)65-47-23-7-1-15-35(47)36-16-2-8-24-48(36)65)67-51-27-11-5-19-41(51)59-39(21-13-29-53(59)67)40-22-14-30-54-60(40)42-20-6-12-28-52(42)68(54)58-34-56(44(62)32-46(58)64)66-49-25-9-3-17-37(49)38-18-4-10-26-50(38)66/h1-34H. The number of para-hydroxylation sites is 6. The number of hydrogen-bond acceptors (Lipinski definition) is 0. The number of nitrogens with zero attached hydrogens (tertiary/aromatic N) is 4. The molecule has 322 valence electrons. The second kappa shape index (κ2) is 14.3. The van der Waals surface area contributed by atoms with Gasteiger partial charge in [0.15, 0.2) is 0 Å². The van der Waals surface area contributed by atoms with Gasteiger partial charge in [-0.25, -0.2) is 17.6 Å². The molecule has 0 fully saturated rings. The maximum atomic E-state index is 16.7. The minimum absolute atomic E-state index is 0.201. The zero-order chi connectivity index (χ0) is 45.4. The number of benzene rings is 10. The van der Waals surface area contributed by atoms with Crippen LogP contribution in [0.2, 0.25) is 0 Å². The molecule has 0 aliphatic rings. The molecule has 0 spiro atoms. The van der Waals surface area contributed by atoms with Gasteiger partial charge in [-0.15, -0.1) is 0 Å². The van der Waals surface area contributed by atoms with Crippen molar-refractivity contribution in [2.75, 3.05) is 0 Å². The quantitative estimate of drug-likeness (QED) is 0.153. The van der Waals surface area contributed by atoms with Gasteiger partial charge in [-0.2, -0.15) is 0 Å². The van der Waals surface area contributed by atoms with Crippen LogP contribution in [-0.2, 0) is 0 Å². The Balaban J connectivity index is 1.01.